The normalized spacial score (nSPS) is 17.7. The number of piperidine rings is 1. The van der Waals surface area contributed by atoms with Crippen LogP contribution in [0.2, 0.25) is 0 Å². The van der Waals surface area contributed by atoms with Crippen LogP contribution in [0.1, 0.15) is 32.6 Å². The van der Waals surface area contributed by atoms with Crippen LogP contribution in [0.15, 0.2) is 41.9 Å². The van der Waals surface area contributed by atoms with Gasteiger partial charge in [-0.1, -0.05) is 25.1 Å². The third-order valence-corrected chi connectivity index (χ3v) is 6.99. The molecule has 2 saturated heterocycles. The fourth-order valence-corrected chi connectivity index (χ4v) is 4.60. The van der Waals surface area contributed by atoms with Crippen LogP contribution in [-0.2, 0) is 4.74 Å². The van der Waals surface area contributed by atoms with E-state index in [2.05, 4.69) is 21.4 Å². The number of methoxy groups -OCH3 is 1. The molecule has 1 aromatic heterocycles. The number of hydrogen-bond acceptors (Lipinski definition) is 8. The molecule has 188 valence electrons. The van der Waals surface area contributed by atoms with Crippen molar-refractivity contribution in [3.8, 4) is 17.4 Å². The quantitative estimate of drug-likeness (QED) is 0.202. The van der Waals surface area contributed by atoms with Crippen molar-refractivity contribution in [3.63, 3.8) is 0 Å². The molecule has 1 spiro atoms. The van der Waals surface area contributed by atoms with Crippen molar-refractivity contribution in [2.75, 3.05) is 46.6 Å². The molecule has 4 rings (SSSR count). The molecule has 0 unspecified atom stereocenters. The Hall–Kier alpha value is -2.68. The van der Waals surface area contributed by atoms with Gasteiger partial charge in [0.15, 0.2) is 11.5 Å². The van der Waals surface area contributed by atoms with E-state index in [0.29, 0.717) is 52.4 Å². The highest BCUT2D eigenvalue weighted by atomic mass is 35.5. The molecule has 2 fully saturated rings. The summed E-state index contributed by atoms with van der Waals surface area (Å²) in [7, 11) is 1.60. The number of nitrogens with one attached hydrogen (secondary N) is 1. The van der Waals surface area contributed by atoms with Gasteiger partial charge < -0.3 is 29.3 Å². The summed E-state index contributed by atoms with van der Waals surface area (Å²) in [5, 5.41) is 8.76. The number of nitrogens with zero attached hydrogens (tertiary/aromatic N) is 3. The van der Waals surface area contributed by atoms with Gasteiger partial charge in [-0.2, -0.15) is 0 Å². The standard InChI is InChI=1S/C26H33ClN4O4/c1-4-21(28)20(27)12-18(2)35-25-19-13-23(32-3)24(14-22(19)29-17-30-25)34-11-5-8-31-9-6-26(7-10-31)15-33-16-26/h12-14,17,28H,2,4-11,15-16H2,1,3H3/b20-12+,28-21?. The van der Waals surface area contributed by atoms with Gasteiger partial charge in [0.1, 0.15) is 12.1 Å². The molecule has 0 amide bonds. The smallest absolute Gasteiger partial charge is 0.230 e. The Morgan fingerprint density at radius 2 is 2.03 bits per heavy atom. The third-order valence-electron chi connectivity index (χ3n) is 6.65. The molecule has 0 radical (unpaired) electrons. The number of fused-ring (bicyclic) bond motifs is 1. The SMILES string of the molecule is C=C(/C=C(/Cl)C(=N)CC)Oc1ncnc2cc(OCCCN3CCC4(CC3)COC4)c(OC)cc12. The van der Waals surface area contributed by atoms with Gasteiger partial charge in [-0.05, 0) is 44.8 Å². The van der Waals surface area contributed by atoms with Crippen molar-refractivity contribution in [1.82, 2.24) is 14.9 Å². The minimum absolute atomic E-state index is 0.279. The van der Waals surface area contributed by atoms with E-state index in [9.17, 15) is 0 Å². The van der Waals surface area contributed by atoms with E-state index in [1.807, 2.05) is 13.0 Å². The summed E-state index contributed by atoms with van der Waals surface area (Å²) in [5.74, 6) is 1.82. The van der Waals surface area contributed by atoms with Crippen molar-refractivity contribution in [3.05, 3.63) is 41.9 Å². The topological polar surface area (TPSA) is 89.8 Å². The monoisotopic (exact) mass is 500 g/mol. The second kappa shape index (κ2) is 11.4. The van der Waals surface area contributed by atoms with Crippen LogP contribution in [0.5, 0.6) is 17.4 Å². The van der Waals surface area contributed by atoms with Crippen molar-refractivity contribution in [2.24, 2.45) is 5.41 Å². The highest BCUT2D eigenvalue weighted by Crippen LogP contribution is 2.38. The number of hydrogen-bond donors (Lipinski definition) is 1. The molecule has 1 N–H and O–H groups in total. The second-order valence-electron chi connectivity index (χ2n) is 9.13. The number of benzene rings is 1. The Bertz CT molecular complexity index is 1110. The van der Waals surface area contributed by atoms with E-state index < -0.39 is 0 Å². The first-order valence-electron chi connectivity index (χ1n) is 12.0. The van der Waals surface area contributed by atoms with Crippen LogP contribution in [0.4, 0.5) is 0 Å². The highest BCUT2D eigenvalue weighted by molar-refractivity contribution is 6.43. The van der Waals surface area contributed by atoms with E-state index in [4.69, 9.17) is 36.0 Å². The first kappa shape index (κ1) is 25.4. The highest BCUT2D eigenvalue weighted by Gasteiger charge is 2.40. The maximum Gasteiger partial charge on any atom is 0.230 e. The van der Waals surface area contributed by atoms with E-state index >= 15 is 0 Å². The van der Waals surface area contributed by atoms with E-state index in [0.717, 1.165) is 39.3 Å². The fraction of sp³-hybridized carbons (Fsp3) is 0.500. The Morgan fingerprint density at radius 3 is 2.69 bits per heavy atom. The molecule has 2 aromatic rings. The largest absolute Gasteiger partial charge is 0.493 e. The summed E-state index contributed by atoms with van der Waals surface area (Å²) in [5.41, 5.74) is 1.44. The summed E-state index contributed by atoms with van der Waals surface area (Å²) in [4.78, 5) is 11.1. The van der Waals surface area contributed by atoms with Crippen molar-refractivity contribution < 1.29 is 18.9 Å². The molecular formula is C26H33ClN4O4. The van der Waals surface area contributed by atoms with Crippen molar-refractivity contribution >= 4 is 28.2 Å². The zero-order chi connectivity index (χ0) is 24.8. The fourth-order valence-electron chi connectivity index (χ4n) is 4.35. The van der Waals surface area contributed by atoms with E-state index in [-0.39, 0.29) is 10.8 Å². The van der Waals surface area contributed by atoms with Gasteiger partial charge in [0.25, 0.3) is 0 Å². The lowest BCUT2D eigenvalue weighted by Crippen LogP contribution is -2.51. The zero-order valence-electron chi connectivity index (χ0n) is 20.4. The molecule has 8 nitrogen and oxygen atoms in total. The molecule has 9 heteroatoms. The maximum atomic E-state index is 7.82. The zero-order valence-corrected chi connectivity index (χ0v) is 21.2. The molecule has 0 atom stereocenters. The Labute approximate surface area is 211 Å². The minimum atomic E-state index is 0.279. The van der Waals surface area contributed by atoms with Gasteiger partial charge in [-0.25, -0.2) is 9.97 Å². The van der Waals surface area contributed by atoms with Gasteiger partial charge in [0, 0.05) is 29.8 Å². The Balaban J connectivity index is 1.37. The molecule has 2 aliphatic heterocycles. The predicted molar refractivity (Wildman–Crippen MR) is 137 cm³/mol. The summed E-state index contributed by atoms with van der Waals surface area (Å²) in [6, 6.07) is 3.64. The number of likely N-dealkylation sites (tertiary alicyclic amines) is 1. The van der Waals surface area contributed by atoms with Gasteiger partial charge in [0.2, 0.25) is 5.88 Å². The van der Waals surface area contributed by atoms with E-state index in [1.54, 1.807) is 13.2 Å². The average molecular weight is 501 g/mol. The van der Waals surface area contributed by atoms with E-state index in [1.165, 1.54) is 25.2 Å². The Kier molecular flexibility index (Phi) is 8.26. The molecule has 0 aliphatic carbocycles. The van der Waals surface area contributed by atoms with Gasteiger partial charge >= 0.3 is 0 Å². The van der Waals surface area contributed by atoms with Crippen LogP contribution < -0.4 is 14.2 Å². The molecule has 0 saturated carbocycles. The number of rotatable bonds is 11. The van der Waals surface area contributed by atoms with Crippen LogP contribution >= 0.6 is 11.6 Å². The first-order valence-corrected chi connectivity index (χ1v) is 12.4. The summed E-state index contributed by atoms with van der Waals surface area (Å²) in [6.07, 6.45) is 6.85. The molecule has 0 bridgehead atoms. The van der Waals surface area contributed by atoms with Crippen LogP contribution in [0.3, 0.4) is 0 Å². The molecule has 1 aromatic carbocycles. The lowest BCUT2D eigenvalue weighted by Gasteiger charge is -2.47. The second-order valence-corrected chi connectivity index (χ2v) is 9.54. The molecular weight excluding hydrogens is 468 g/mol. The molecule has 35 heavy (non-hydrogen) atoms. The number of ether oxygens (including phenoxy) is 4. The van der Waals surface area contributed by atoms with Crippen LogP contribution in [0, 0.1) is 10.8 Å². The lowest BCUT2D eigenvalue weighted by atomic mass is 9.77. The molecule has 3 heterocycles. The number of allylic oxidation sites excluding steroid dienone is 2. The average Bonchev–Trinajstić information content (AvgIpc) is 2.85. The van der Waals surface area contributed by atoms with Gasteiger partial charge in [-0.15, -0.1) is 0 Å². The first-order chi connectivity index (χ1) is 16.9. The van der Waals surface area contributed by atoms with Gasteiger partial charge in [0.05, 0.1) is 42.9 Å². The summed E-state index contributed by atoms with van der Waals surface area (Å²) < 4.78 is 22.9. The molecule has 2 aliphatic rings. The Morgan fingerprint density at radius 1 is 1.26 bits per heavy atom. The van der Waals surface area contributed by atoms with Gasteiger partial charge in [-0.3, -0.25) is 0 Å². The summed E-state index contributed by atoms with van der Waals surface area (Å²) >= 11 is 6.13. The maximum absolute atomic E-state index is 7.82. The predicted octanol–water partition coefficient (Wildman–Crippen LogP) is 4.96. The van der Waals surface area contributed by atoms with Crippen molar-refractivity contribution in [1.29, 1.82) is 5.41 Å². The number of aromatic nitrogens is 2. The lowest BCUT2D eigenvalue weighted by molar-refractivity contribution is -0.139. The summed E-state index contributed by atoms with van der Waals surface area (Å²) in [6.45, 7) is 11.5. The minimum Gasteiger partial charge on any atom is -0.493 e. The third kappa shape index (κ3) is 6.12. The number of halogens is 1. The van der Waals surface area contributed by atoms with Crippen LogP contribution in [-0.4, -0.2) is 67.1 Å². The van der Waals surface area contributed by atoms with Crippen LogP contribution in [0.25, 0.3) is 10.9 Å². The van der Waals surface area contributed by atoms with Crippen molar-refractivity contribution in [2.45, 2.75) is 32.6 Å².